The van der Waals surface area contributed by atoms with Gasteiger partial charge in [0, 0.05) is 42.7 Å². The van der Waals surface area contributed by atoms with E-state index >= 15 is 4.79 Å². The van der Waals surface area contributed by atoms with Gasteiger partial charge >= 0.3 is 0 Å². The third-order valence-corrected chi connectivity index (χ3v) is 12.3. The van der Waals surface area contributed by atoms with Crippen LogP contribution in [0.25, 0.3) is 0 Å². The Balaban J connectivity index is 1.55. The summed E-state index contributed by atoms with van der Waals surface area (Å²) in [6.07, 6.45) is 1.89. The molecule has 10 heteroatoms. The highest BCUT2D eigenvalue weighted by molar-refractivity contribution is 6.32. The molecule has 3 aliphatic rings. The third kappa shape index (κ3) is 5.17. The van der Waals surface area contributed by atoms with E-state index in [4.69, 9.17) is 51.4 Å². The lowest BCUT2D eigenvalue weighted by Gasteiger charge is -2.62. The van der Waals surface area contributed by atoms with Gasteiger partial charge < -0.3 is 9.80 Å². The van der Waals surface area contributed by atoms with Crippen molar-refractivity contribution in [3.8, 4) is 0 Å². The Labute approximate surface area is 313 Å². The molecule has 4 aromatic carbocycles. The molecule has 0 aromatic heterocycles. The van der Waals surface area contributed by atoms with Crippen LogP contribution in [-0.2, 0) is 9.59 Å². The number of rotatable bonds is 8. The number of nitrogens with zero attached hydrogens (tertiary/aromatic N) is 4. The molecule has 0 aliphatic carbocycles. The Hall–Kier alpha value is -3.55. The zero-order valence-electron chi connectivity index (χ0n) is 28.3. The average molecular weight is 749 g/mol. The topological polar surface area (TPSA) is 56.2 Å². The van der Waals surface area contributed by atoms with Crippen molar-refractivity contribution in [2.75, 3.05) is 14.7 Å². The number of amides is 2. The molecule has 0 spiro atoms. The van der Waals surface area contributed by atoms with Gasteiger partial charge in [0.15, 0.2) is 0 Å². The first-order valence-corrected chi connectivity index (χ1v) is 18.7. The summed E-state index contributed by atoms with van der Waals surface area (Å²) in [5.41, 5.74) is 3.08. The molecule has 2 amide bonds. The van der Waals surface area contributed by atoms with Gasteiger partial charge in [-0.05, 0) is 117 Å². The minimum atomic E-state index is -0.968. The van der Waals surface area contributed by atoms with Gasteiger partial charge in [-0.15, -0.1) is 0 Å². The Bertz CT molecular complexity index is 1970. The predicted molar refractivity (Wildman–Crippen MR) is 207 cm³/mol. The van der Waals surface area contributed by atoms with E-state index in [0.717, 1.165) is 28.3 Å². The highest BCUT2D eigenvalue weighted by atomic mass is 35.5. The van der Waals surface area contributed by atoms with Crippen LogP contribution in [0.15, 0.2) is 96.0 Å². The third-order valence-electron chi connectivity index (χ3n) is 11.3. The van der Waals surface area contributed by atoms with Gasteiger partial charge in [-0.2, -0.15) is 0 Å². The zero-order chi connectivity index (χ0) is 35.5. The Morgan fingerprint density at radius 3 is 1.62 bits per heavy atom. The lowest BCUT2D eigenvalue weighted by atomic mass is 9.66. The maximum Gasteiger partial charge on any atom is 0.239 e. The van der Waals surface area contributed by atoms with E-state index in [-0.39, 0.29) is 11.8 Å². The fourth-order valence-corrected chi connectivity index (χ4v) is 9.06. The number of piperidine rings is 1. The molecule has 3 atom stereocenters. The lowest BCUT2D eigenvalue weighted by molar-refractivity contribution is -0.141. The van der Waals surface area contributed by atoms with E-state index in [1.54, 1.807) is 0 Å². The number of anilines is 3. The maximum atomic E-state index is 15.3. The SMILES string of the molecule is CCC1(CC)C(=O)N(c2ccc(Cl)cc2)C2c3cc(Cl)ccc3N(C3N(c4ccc(Cl)cc4)C(=O)C3(CC)CC)C2C1=Nc1ccc(Cl)cc1. The van der Waals surface area contributed by atoms with E-state index in [0.29, 0.717) is 51.5 Å². The monoisotopic (exact) mass is 746 g/mol. The van der Waals surface area contributed by atoms with Gasteiger partial charge in [0.05, 0.1) is 34.3 Å². The highest BCUT2D eigenvalue weighted by Crippen LogP contribution is 2.59. The van der Waals surface area contributed by atoms with Gasteiger partial charge in [0.1, 0.15) is 6.17 Å². The molecule has 3 aliphatic heterocycles. The summed E-state index contributed by atoms with van der Waals surface area (Å²) in [6, 6.07) is 27.1. The summed E-state index contributed by atoms with van der Waals surface area (Å²) in [4.78, 5) is 41.4. The summed E-state index contributed by atoms with van der Waals surface area (Å²) < 4.78 is 0. The molecule has 3 heterocycles. The fourth-order valence-electron chi connectivity index (χ4n) is 8.50. The summed E-state index contributed by atoms with van der Waals surface area (Å²) in [5.74, 6) is 0.0201. The van der Waals surface area contributed by atoms with Crippen LogP contribution in [-0.4, -0.2) is 29.7 Å². The van der Waals surface area contributed by atoms with Gasteiger partial charge in [-0.3, -0.25) is 19.5 Å². The minimum absolute atomic E-state index is 0.0388. The molecule has 0 saturated carbocycles. The smallest absolute Gasteiger partial charge is 0.239 e. The number of halogens is 4. The summed E-state index contributed by atoms with van der Waals surface area (Å²) in [6.45, 7) is 8.27. The molecule has 6 nitrogen and oxygen atoms in total. The van der Waals surface area contributed by atoms with Crippen LogP contribution < -0.4 is 14.7 Å². The second-order valence-electron chi connectivity index (χ2n) is 13.3. The molecular formula is C40H38Cl4N4O2. The van der Waals surface area contributed by atoms with E-state index in [1.165, 1.54) is 0 Å². The number of benzene rings is 4. The molecule has 258 valence electrons. The van der Waals surface area contributed by atoms with Crippen LogP contribution in [0.2, 0.25) is 20.1 Å². The van der Waals surface area contributed by atoms with Crippen molar-refractivity contribution in [2.45, 2.75) is 71.6 Å². The fraction of sp³-hybridized carbons (Fsp3) is 0.325. The van der Waals surface area contributed by atoms with E-state index in [2.05, 4.69) is 32.6 Å². The van der Waals surface area contributed by atoms with Crippen molar-refractivity contribution >= 4 is 86.7 Å². The van der Waals surface area contributed by atoms with Crippen molar-refractivity contribution in [1.29, 1.82) is 0 Å². The van der Waals surface area contributed by atoms with E-state index in [1.807, 2.05) is 101 Å². The van der Waals surface area contributed by atoms with Gasteiger partial charge in [-0.25, -0.2) is 0 Å². The molecular weight excluding hydrogens is 710 g/mol. The molecule has 3 unspecified atom stereocenters. The molecule has 7 rings (SSSR count). The van der Waals surface area contributed by atoms with Gasteiger partial charge in [-0.1, -0.05) is 74.1 Å². The van der Waals surface area contributed by atoms with Crippen LogP contribution in [0.4, 0.5) is 22.7 Å². The largest absolute Gasteiger partial charge is 0.339 e. The van der Waals surface area contributed by atoms with Gasteiger partial charge in [0.2, 0.25) is 11.8 Å². The first-order valence-electron chi connectivity index (χ1n) is 17.2. The van der Waals surface area contributed by atoms with Crippen LogP contribution in [0.1, 0.15) is 65.0 Å². The van der Waals surface area contributed by atoms with Crippen molar-refractivity contribution in [1.82, 2.24) is 0 Å². The normalized spacial score (nSPS) is 22.8. The molecule has 2 saturated heterocycles. The van der Waals surface area contributed by atoms with E-state index < -0.39 is 29.1 Å². The number of fused-ring (bicyclic) bond motifs is 3. The zero-order valence-corrected chi connectivity index (χ0v) is 31.4. The van der Waals surface area contributed by atoms with E-state index in [9.17, 15) is 4.79 Å². The first kappa shape index (κ1) is 34.9. The Morgan fingerprint density at radius 1 is 0.600 bits per heavy atom. The van der Waals surface area contributed by atoms with Crippen molar-refractivity contribution < 1.29 is 9.59 Å². The van der Waals surface area contributed by atoms with Crippen molar-refractivity contribution in [2.24, 2.45) is 15.8 Å². The number of hydrogen-bond donors (Lipinski definition) is 0. The maximum absolute atomic E-state index is 15.3. The Kier molecular flexibility index (Phi) is 9.21. The number of carbonyl (C=O) groups is 2. The molecule has 2 fully saturated rings. The van der Waals surface area contributed by atoms with Crippen molar-refractivity contribution in [3.63, 3.8) is 0 Å². The number of β-lactam (4-membered cyclic amide) rings is 1. The summed E-state index contributed by atoms with van der Waals surface area (Å²) >= 11 is 25.8. The van der Waals surface area contributed by atoms with Crippen LogP contribution in [0.3, 0.4) is 0 Å². The first-order chi connectivity index (χ1) is 24.0. The highest BCUT2D eigenvalue weighted by Gasteiger charge is 2.68. The average Bonchev–Trinajstić information content (AvgIpc) is 3.43. The molecule has 0 N–H and O–H groups in total. The summed E-state index contributed by atoms with van der Waals surface area (Å²) in [7, 11) is 0. The van der Waals surface area contributed by atoms with Crippen LogP contribution in [0.5, 0.6) is 0 Å². The second kappa shape index (κ2) is 13.2. The molecule has 4 aromatic rings. The van der Waals surface area contributed by atoms with Crippen molar-refractivity contribution in [3.05, 3.63) is 117 Å². The summed E-state index contributed by atoms with van der Waals surface area (Å²) in [5, 5.41) is 2.33. The van der Waals surface area contributed by atoms with Crippen LogP contribution in [0, 0.1) is 10.8 Å². The second-order valence-corrected chi connectivity index (χ2v) is 15.0. The number of hydrogen-bond acceptors (Lipinski definition) is 4. The molecule has 50 heavy (non-hydrogen) atoms. The number of carbonyl (C=O) groups excluding carboxylic acids is 2. The molecule has 0 radical (unpaired) electrons. The van der Waals surface area contributed by atoms with Gasteiger partial charge in [0.25, 0.3) is 0 Å². The molecule has 0 bridgehead atoms. The lowest BCUT2D eigenvalue weighted by Crippen LogP contribution is -2.78. The standard InChI is InChI=1S/C40H38Cl4N4O2/c1-5-39(6-2)35(45-28-16-9-24(41)10-17-28)34-33(46(37(39)49)29-18-11-25(42)12-19-29)31-23-27(44)15-22-32(31)48(34)36-40(7-3,8-4)38(50)47(36)30-20-13-26(43)14-21-30/h9-23,33-34,36H,5-8H2,1-4H3. The van der Waals surface area contributed by atoms with Crippen LogP contribution >= 0.6 is 46.4 Å². The number of aliphatic imine (C=N–C) groups is 1. The Morgan fingerprint density at radius 2 is 1.10 bits per heavy atom. The predicted octanol–water partition coefficient (Wildman–Crippen LogP) is 11.3. The minimum Gasteiger partial charge on any atom is -0.339 e. The quantitative estimate of drug-likeness (QED) is 0.169.